The first-order valence-corrected chi connectivity index (χ1v) is 19.0. The van der Waals surface area contributed by atoms with Crippen molar-refractivity contribution in [3.63, 3.8) is 0 Å². The number of nitrogens with zero attached hydrogens (tertiary/aromatic N) is 2. The SMILES string of the molecule is CC(C)(C)c1ccc(F)c(N2c3cc4occc4cc3B3c4c2cccc4N(c2cc(C(C)(C)C)ccc2F)c2ccc4sc5ccccc5c4c23)c1. The second-order valence-corrected chi connectivity index (χ2v) is 17.6. The van der Waals surface area contributed by atoms with E-state index in [-0.39, 0.29) is 29.2 Å². The molecule has 0 N–H and O–H groups in total. The van der Waals surface area contributed by atoms with Crippen LogP contribution >= 0.6 is 11.3 Å². The van der Waals surface area contributed by atoms with E-state index >= 15 is 8.78 Å². The number of furan rings is 1. The highest BCUT2D eigenvalue weighted by atomic mass is 32.1. The Hall–Kier alpha value is -5.40. The molecule has 0 unspecified atom stereocenters. The lowest BCUT2D eigenvalue weighted by molar-refractivity contribution is 0.583. The molecule has 8 aromatic rings. The predicted octanol–water partition coefficient (Wildman–Crippen LogP) is 11.8. The van der Waals surface area contributed by atoms with Gasteiger partial charge in [-0.1, -0.05) is 84.0 Å². The summed E-state index contributed by atoms with van der Waals surface area (Å²) in [6.45, 7) is 12.7. The molecule has 0 fully saturated rings. The van der Waals surface area contributed by atoms with E-state index in [0.29, 0.717) is 11.4 Å². The summed E-state index contributed by atoms with van der Waals surface area (Å²) in [5, 5.41) is 3.31. The molecule has 0 radical (unpaired) electrons. The summed E-state index contributed by atoms with van der Waals surface area (Å²) < 4.78 is 41.4. The Bertz CT molecular complexity index is 2820. The van der Waals surface area contributed by atoms with Gasteiger partial charge in [0.25, 0.3) is 6.71 Å². The van der Waals surface area contributed by atoms with Gasteiger partial charge in [0, 0.05) is 43.6 Å². The molecule has 2 aliphatic rings. The maximum absolute atomic E-state index is 16.5. The van der Waals surface area contributed by atoms with E-state index in [1.54, 1.807) is 29.7 Å². The van der Waals surface area contributed by atoms with E-state index in [9.17, 15) is 0 Å². The fourth-order valence-electron chi connectivity index (χ4n) is 8.52. The normalized spacial score (nSPS) is 13.9. The standard InChI is InChI=1S/C46H37BF2N2OS/c1-45(2,3)27-14-16-31(48)37(23-27)50-33-11-9-12-34-43(33)47(44-35(50)18-19-41-42(44)29-10-7-8-13-40(29)53-41)30-22-26-20-21-52-39(26)25-36(30)51(34)38-24-28(46(4,5)6)15-17-32(38)49/h7-25H,1-6H3. The van der Waals surface area contributed by atoms with Crippen molar-refractivity contribution >= 4 is 99.7 Å². The van der Waals surface area contributed by atoms with Crippen LogP contribution in [-0.2, 0) is 10.8 Å². The molecule has 7 heteroatoms. The molecule has 2 aromatic heterocycles. The van der Waals surface area contributed by atoms with Gasteiger partial charge in [0.2, 0.25) is 0 Å². The number of hydrogen-bond acceptors (Lipinski definition) is 4. The minimum atomic E-state index is -0.317. The molecule has 4 heterocycles. The molecule has 0 amide bonds. The van der Waals surface area contributed by atoms with Crippen molar-refractivity contribution < 1.29 is 13.2 Å². The van der Waals surface area contributed by atoms with Gasteiger partial charge in [0.15, 0.2) is 0 Å². The van der Waals surface area contributed by atoms with Gasteiger partial charge in [-0.3, -0.25) is 0 Å². The van der Waals surface area contributed by atoms with Gasteiger partial charge < -0.3 is 14.2 Å². The number of benzene rings is 6. The second kappa shape index (κ2) is 11.1. The van der Waals surface area contributed by atoms with E-state index in [0.717, 1.165) is 61.2 Å². The Morgan fingerprint density at radius 3 is 1.85 bits per heavy atom. The zero-order valence-corrected chi connectivity index (χ0v) is 31.3. The average molecular weight is 715 g/mol. The first kappa shape index (κ1) is 32.3. The van der Waals surface area contributed by atoms with Crippen LogP contribution in [-0.4, -0.2) is 6.71 Å². The summed E-state index contributed by atoms with van der Waals surface area (Å²) in [5.41, 5.74) is 10.1. The summed E-state index contributed by atoms with van der Waals surface area (Å²) in [4.78, 5) is 4.18. The van der Waals surface area contributed by atoms with Crippen molar-refractivity contribution in [1.29, 1.82) is 0 Å². The molecule has 3 nitrogen and oxygen atoms in total. The molecule has 0 spiro atoms. The maximum atomic E-state index is 16.5. The lowest BCUT2D eigenvalue weighted by Gasteiger charge is -2.44. The smallest absolute Gasteiger partial charge is 0.253 e. The van der Waals surface area contributed by atoms with Crippen molar-refractivity contribution in [2.45, 2.75) is 52.4 Å². The van der Waals surface area contributed by atoms with Gasteiger partial charge >= 0.3 is 0 Å². The molecule has 6 aromatic carbocycles. The number of anilines is 6. The lowest BCUT2D eigenvalue weighted by Crippen LogP contribution is -2.61. The Kier molecular flexibility index (Phi) is 6.74. The first-order chi connectivity index (χ1) is 25.4. The second-order valence-electron chi connectivity index (χ2n) is 16.5. The van der Waals surface area contributed by atoms with Gasteiger partial charge in [-0.05, 0) is 110 Å². The van der Waals surface area contributed by atoms with E-state index in [1.807, 2.05) is 36.4 Å². The molecule has 0 saturated carbocycles. The third kappa shape index (κ3) is 4.69. The van der Waals surface area contributed by atoms with Crippen LogP contribution in [0.3, 0.4) is 0 Å². The zero-order valence-electron chi connectivity index (χ0n) is 30.5. The van der Waals surface area contributed by atoms with Crippen LogP contribution in [0.1, 0.15) is 52.7 Å². The Morgan fingerprint density at radius 1 is 0.566 bits per heavy atom. The summed E-state index contributed by atoms with van der Waals surface area (Å²) in [5.74, 6) is -0.616. The van der Waals surface area contributed by atoms with Gasteiger partial charge in [0.1, 0.15) is 17.2 Å². The topological polar surface area (TPSA) is 19.6 Å². The highest BCUT2D eigenvalue weighted by Crippen LogP contribution is 2.48. The van der Waals surface area contributed by atoms with Crippen LogP contribution in [0.4, 0.5) is 42.9 Å². The van der Waals surface area contributed by atoms with Crippen LogP contribution in [0, 0.1) is 11.6 Å². The molecular formula is C46H37BF2N2OS. The van der Waals surface area contributed by atoms with Crippen LogP contribution < -0.4 is 26.2 Å². The van der Waals surface area contributed by atoms with Crippen LogP contribution in [0.25, 0.3) is 31.1 Å². The minimum Gasteiger partial charge on any atom is -0.464 e. The highest BCUT2D eigenvalue weighted by Gasteiger charge is 2.45. The van der Waals surface area contributed by atoms with Crippen molar-refractivity contribution in [1.82, 2.24) is 0 Å². The third-order valence-electron chi connectivity index (χ3n) is 11.2. The number of fused-ring (bicyclic) bond motifs is 9. The molecular weight excluding hydrogens is 677 g/mol. The Morgan fingerprint density at radius 2 is 1.19 bits per heavy atom. The van der Waals surface area contributed by atoms with Crippen molar-refractivity contribution in [3.8, 4) is 0 Å². The minimum absolute atomic E-state index is 0.200. The summed E-state index contributed by atoms with van der Waals surface area (Å²) in [6.07, 6.45) is 1.71. The molecule has 53 heavy (non-hydrogen) atoms. The molecule has 10 rings (SSSR count). The van der Waals surface area contributed by atoms with Crippen molar-refractivity contribution in [3.05, 3.63) is 138 Å². The van der Waals surface area contributed by atoms with E-state index < -0.39 is 0 Å². The predicted molar refractivity (Wildman–Crippen MR) is 220 cm³/mol. The van der Waals surface area contributed by atoms with Crippen LogP contribution in [0.15, 0.2) is 120 Å². The third-order valence-corrected chi connectivity index (χ3v) is 12.3. The van der Waals surface area contributed by atoms with Gasteiger partial charge in [-0.15, -0.1) is 11.3 Å². The molecule has 0 saturated heterocycles. The highest BCUT2D eigenvalue weighted by molar-refractivity contribution is 7.26. The number of halogens is 2. The van der Waals surface area contributed by atoms with E-state index in [4.69, 9.17) is 4.42 Å². The van der Waals surface area contributed by atoms with Gasteiger partial charge in [-0.2, -0.15) is 0 Å². The molecule has 0 aliphatic carbocycles. The van der Waals surface area contributed by atoms with Gasteiger partial charge in [0.05, 0.1) is 17.6 Å². The number of thiophene rings is 1. The largest absolute Gasteiger partial charge is 0.464 e. The maximum Gasteiger partial charge on any atom is 0.253 e. The summed E-state index contributed by atoms with van der Waals surface area (Å²) >= 11 is 1.78. The average Bonchev–Trinajstić information content (AvgIpc) is 3.75. The summed E-state index contributed by atoms with van der Waals surface area (Å²) in [6, 6.07) is 36.3. The van der Waals surface area contributed by atoms with Crippen LogP contribution in [0.2, 0.25) is 0 Å². The monoisotopic (exact) mass is 714 g/mol. The van der Waals surface area contributed by atoms with Crippen molar-refractivity contribution in [2.75, 3.05) is 9.80 Å². The molecule has 0 bridgehead atoms. The zero-order chi connectivity index (χ0) is 36.6. The number of rotatable bonds is 2. The van der Waals surface area contributed by atoms with Gasteiger partial charge in [-0.25, -0.2) is 8.78 Å². The van der Waals surface area contributed by atoms with Crippen molar-refractivity contribution in [2.24, 2.45) is 0 Å². The Labute approximate surface area is 312 Å². The Balaban J connectivity index is 1.37. The molecule has 260 valence electrons. The summed E-state index contributed by atoms with van der Waals surface area (Å²) in [7, 11) is 0. The fourth-order valence-corrected chi connectivity index (χ4v) is 9.64. The number of hydrogen-bond donors (Lipinski definition) is 0. The lowest BCUT2D eigenvalue weighted by atomic mass is 9.33. The molecule has 2 aliphatic heterocycles. The quantitative estimate of drug-likeness (QED) is 0.166. The molecule has 0 atom stereocenters. The van der Waals surface area contributed by atoms with Crippen LogP contribution in [0.5, 0.6) is 0 Å². The fraction of sp³-hybridized carbons (Fsp3) is 0.174. The first-order valence-electron chi connectivity index (χ1n) is 18.2. The van der Waals surface area contributed by atoms with E-state index in [2.05, 4.69) is 112 Å². The van der Waals surface area contributed by atoms with E-state index in [1.165, 1.54) is 20.2 Å².